The van der Waals surface area contributed by atoms with Gasteiger partial charge in [0.2, 0.25) is 0 Å². The molecule has 23 heavy (non-hydrogen) atoms. The molecule has 1 aliphatic rings. The number of alkyl halides is 3. The van der Waals surface area contributed by atoms with Crippen LogP contribution in [0.5, 0.6) is 0 Å². The lowest BCUT2D eigenvalue weighted by Crippen LogP contribution is -2.16. The minimum atomic E-state index is -4.46. The predicted octanol–water partition coefficient (Wildman–Crippen LogP) is 5.57. The monoisotopic (exact) mass is 326 g/mol. The molecule has 0 aliphatic heterocycles. The van der Waals surface area contributed by atoms with E-state index >= 15 is 0 Å². The molecule has 2 aromatic rings. The molecule has 1 aliphatic carbocycles. The standard InChI is InChI=1S/C17H21F3N2O/c1-10(2)16-22-14-9-12(21-7-6-11-4-3-5-11)8-13(15(14)23-16)17(18,19)20/h8-11,21H,3-7H2,1-2H3. The molecule has 0 spiro atoms. The van der Waals surface area contributed by atoms with Gasteiger partial charge >= 0.3 is 6.18 Å². The Bertz CT molecular complexity index is 687. The van der Waals surface area contributed by atoms with Crippen LogP contribution in [0.3, 0.4) is 0 Å². The first-order valence-electron chi connectivity index (χ1n) is 8.10. The van der Waals surface area contributed by atoms with E-state index in [2.05, 4.69) is 10.3 Å². The van der Waals surface area contributed by atoms with E-state index in [0.717, 1.165) is 12.5 Å². The molecule has 126 valence electrons. The molecule has 1 aromatic carbocycles. The maximum absolute atomic E-state index is 13.3. The highest BCUT2D eigenvalue weighted by atomic mass is 19.4. The molecule has 3 nitrogen and oxygen atoms in total. The van der Waals surface area contributed by atoms with Crippen LogP contribution in [-0.2, 0) is 6.18 Å². The molecule has 0 saturated heterocycles. The van der Waals surface area contributed by atoms with Crippen molar-refractivity contribution >= 4 is 16.8 Å². The third kappa shape index (κ3) is 3.46. The number of hydrogen-bond donors (Lipinski definition) is 1. The molecule has 3 rings (SSSR count). The second-order valence-corrected chi connectivity index (χ2v) is 6.59. The quantitative estimate of drug-likeness (QED) is 0.780. The lowest BCUT2D eigenvalue weighted by atomic mass is 9.83. The number of oxazole rings is 1. The zero-order valence-electron chi connectivity index (χ0n) is 13.3. The molecular formula is C17H21F3N2O. The summed E-state index contributed by atoms with van der Waals surface area (Å²) in [5.74, 6) is 0.989. The molecule has 0 unspecified atom stereocenters. The topological polar surface area (TPSA) is 38.1 Å². The second-order valence-electron chi connectivity index (χ2n) is 6.59. The molecule has 1 fully saturated rings. The predicted molar refractivity (Wildman–Crippen MR) is 83.5 cm³/mol. The zero-order chi connectivity index (χ0) is 16.6. The first-order valence-corrected chi connectivity index (χ1v) is 8.10. The normalized spacial score (nSPS) is 16.1. The Morgan fingerprint density at radius 1 is 1.30 bits per heavy atom. The molecule has 0 atom stereocenters. The Morgan fingerprint density at radius 2 is 2.04 bits per heavy atom. The van der Waals surface area contributed by atoms with Crippen LogP contribution in [-0.4, -0.2) is 11.5 Å². The van der Waals surface area contributed by atoms with Crippen molar-refractivity contribution < 1.29 is 17.6 Å². The van der Waals surface area contributed by atoms with Gasteiger partial charge in [0.05, 0.1) is 0 Å². The molecule has 1 saturated carbocycles. The summed E-state index contributed by atoms with van der Waals surface area (Å²) >= 11 is 0. The van der Waals surface area contributed by atoms with Gasteiger partial charge in [-0.3, -0.25) is 0 Å². The van der Waals surface area contributed by atoms with Gasteiger partial charge in [0.25, 0.3) is 0 Å². The summed E-state index contributed by atoms with van der Waals surface area (Å²) < 4.78 is 45.3. The van der Waals surface area contributed by atoms with Crippen LogP contribution in [0.25, 0.3) is 11.1 Å². The van der Waals surface area contributed by atoms with Crippen molar-refractivity contribution in [2.45, 2.75) is 51.6 Å². The van der Waals surface area contributed by atoms with Crippen molar-refractivity contribution in [3.8, 4) is 0 Å². The molecular weight excluding hydrogens is 305 g/mol. The van der Waals surface area contributed by atoms with Crippen LogP contribution >= 0.6 is 0 Å². The smallest absolute Gasteiger partial charge is 0.420 e. The summed E-state index contributed by atoms with van der Waals surface area (Å²) in [4.78, 5) is 4.21. The van der Waals surface area contributed by atoms with Gasteiger partial charge in [0.15, 0.2) is 11.5 Å². The lowest BCUT2D eigenvalue weighted by molar-refractivity contribution is -0.136. The van der Waals surface area contributed by atoms with Gasteiger partial charge in [-0.15, -0.1) is 0 Å². The van der Waals surface area contributed by atoms with Gasteiger partial charge in [0.1, 0.15) is 11.1 Å². The summed E-state index contributed by atoms with van der Waals surface area (Å²) in [5, 5.41) is 3.11. The number of fused-ring (bicyclic) bond motifs is 1. The number of anilines is 1. The lowest BCUT2D eigenvalue weighted by Gasteiger charge is -2.25. The van der Waals surface area contributed by atoms with Crippen molar-refractivity contribution in [1.82, 2.24) is 4.98 Å². The average molecular weight is 326 g/mol. The Hall–Kier alpha value is -1.72. The summed E-state index contributed by atoms with van der Waals surface area (Å²) in [6.07, 6.45) is 0.268. The van der Waals surface area contributed by atoms with Crippen LogP contribution in [0.4, 0.5) is 18.9 Å². The molecule has 1 aromatic heterocycles. The van der Waals surface area contributed by atoms with E-state index in [1.54, 1.807) is 6.07 Å². The molecule has 0 radical (unpaired) electrons. The van der Waals surface area contributed by atoms with E-state index in [4.69, 9.17) is 4.42 Å². The van der Waals surface area contributed by atoms with Crippen LogP contribution in [0.15, 0.2) is 16.5 Å². The van der Waals surface area contributed by atoms with E-state index in [-0.39, 0.29) is 17.0 Å². The maximum atomic E-state index is 13.3. The van der Waals surface area contributed by atoms with Crippen molar-refractivity contribution in [1.29, 1.82) is 0 Å². The van der Waals surface area contributed by atoms with Gasteiger partial charge in [0, 0.05) is 18.2 Å². The van der Waals surface area contributed by atoms with Crippen molar-refractivity contribution in [3.63, 3.8) is 0 Å². The van der Waals surface area contributed by atoms with Crippen molar-refractivity contribution in [2.24, 2.45) is 5.92 Å². The first kappa shape index (κ1) is 16.1. The van der Waals surface area contributed by atoms with E-state index in [9.17, 15) is 13.2 Å². The largest absolute Gasteiger partial charge is 0.440 e. The first-order chi connectivity index (χ1) is 10.8. The van der Waals surface area contributed by atoms with Gasteiger partial charge in [-0.1, -0.05) is 33.1 Å². The fourth-order valence-electron chi connectivity index (χ4n) is 2.81. The highest BCUT2D eigenvalue weighted by Gasteiger charge is 2.35. The fourth-order valence-corrected chi connectivity index (χ4v) is 2.81. The van der Waals surface area contributed by atoms with Gasteiger partial charge < -0.3 is 9.73 Å². The summed E-state index contributed by atoms with van der Waals surface area (Å²) in [5.41, 5.74) is -0.228. The number of halogens is 3. The number of hydrogen-bond acceptors (Lipinski definition) is 3. The zero-order valence-corrected chi connectivity index (χ0v) is 13.3. The highest BCUT2D eigenvalue weighted by molar-refractivity contribution is 5.81. The van der Waals surface area contributed by atoms with Gasteiger partial charge in [-0.2, -0.15) is 13.2 Å². The SMILES string of the molecule is CC(C)c1nc2cc(NCCC3CCC3)cc(C(F)(F)F)c2o1. The van der Waals surface area contributed by atoms with E-state index in [0.29, 0.717) is 24.0 Å². The van der Waals surface area contributed by atoms with Crippen molar-refractivity contribution in [3.05, 3.63) is 23.6 Å². The Kier molecular flexibility index (Phi) is 4.25. The molecule has 1 heterocycles. The Morgan fingerprint density at radius 3 is 2.61 bits per heavy atom. The summed E-state index contributed by atoms with van der Waals surface area (Å²) in [6.45, 7) is 4.37. The molecule has 1 N–H and O–H groups in total. The van der Waals surface area contributed by atoms with Crippen LogP contribution in [0.1, 0.15) is 56.9 Å². The fraction of sp³-hybridized carbons (Fsp3) is 0.588. The van der Waals surface area contributed by atoms with E-state index < -0.39 is 11.7 Å². The number of benzene rings is 1. The summed E-state index contributed by atoms with van der Waals surface area (Å²) in [7, 11) is 0. The third-order valence-electron chi connectivity index (χ3n) is 4.41. The van der Waals surface area contributed by atoms with Crippen LogP contribution in [0.2, 0.25) is 0 Å². The maximum Gasteiger partial charge on any atom is 0.420 e. The number of nitrogens with one attached hydrogen (secondary N) is 1. The van der Waals surface area contributed by atoms with E-state index in [1.165, 1.54) is 19.3 Å². The molecule has 6 heteroatoms. The summed E-state index contributed by atoms with van der Waals surface area (Å²) in [6, 6.07) is 2.76. The molecule has 0 bridgehead atoms. The highest BCUT2D eigenvalue weighted by Crippen LogP contribution is 2.38. The van der Waals surface area contributed by atoms with Crippen LogP contribution < -0.4 is 5.32 Å². The van der Waals surface area contributed by atoms with E-state index in [1.807, 2.05) is 13.8 Å². The van der Waals surface area contributed by atoms with Crippen LogP contribution in [0, 0.1) is 5.92 Å². The minimum absolute atomic E-state index is 0.0569. The minimum Gasteiger partial charge on any atom is -0.440 e. The Labute approximate surface area is 133 Å². The third-order valence-corrected chi connectivity index (χ3v) is 4.41. The number of rotatable bonds is 5. The van der Waals surface area contributed by atoms with Gasteiger partial charge in [-0.25, -0.2) is 4.98 Å². The van der Waals surface area contributed by atoms with Gasteiger partial charge in [-0.05, 0) is 24.5 Å². The Balaban J connectivity index is 1.88. The molecule has 0 amide bonds. The second kappa shape index (κ2) is 6.06. The number of aromatic nitrogens is 1. The number of nitrogens with zero attached hydrogens (tertiary/aromatic N) is 1. The average Bonchev–Trinajstić information content (AvgIpc) is 2.83. The van der Waals surface area contributed by atoms with Crippen molar-refractivity contribution in [2.75, 3.05) is 11.9 Å².